The topological polar surface area (TPSA) is 54.7 Å². The predicted molar refractivity (Wildman–Crippen MR) is 102 cm³/mol. The number of aryl methyl sites for hydroxylation is 1. The van der Waals surface area contributed by atoms with Crippen LogP contribution in [0, 0.1) is 0 Å². The third kappa shape index (κ3) is 4.96. The molecule has 25 heavy (non-hydrogen) atoms. The first kappa shape index (κ1) is 18.2. The monoisotopic (exact) mass is 381 g/mol. The van der Waals surface area contributed by atoms with E-state index in [2.05, 4.69) is 28.3 Å². The van der Waals surface area contributed by atoms with Gasteiger partial charge in [-0.05, 0) is 19.1 Å². The van der Waals surface area contributed by atoms with Crippen molar-refractivity contribution in [2.24, 2.45) is 12.0 Å². The van der Waals surface area contributed by atoms with Crippen molar-refractivity contribution < 1.29 is 4.74 Å². The van der Waals surface area contributed by atoms with E-state index in [0.717, 1.165) is 48.5 Å². The van der Waals surface area contributed by atoms with Crippen molar-refractivity contribution in [1.29, 1.82) is 0 Å². The third-order valence-corrected chi connectivity index (χ3v) is 5.34. The summed E-state index contributed by atoms with van der Waals surface area (Å²) in [7, 11) is 1.92. The highest BCUT2D eigenvalue weighted by Gasteiger charge is 2.25. The Bertz CT molecular complexity index is 713. The molecule has 2 aromatic heterocycles. The Morgan fingerprint density at radius 1 is 1.52 bits per heavy atom. The van der Waals surface area contributed by atoms with Crippen LogP contribution in [0.2, 0.25) is 4.34 Å². The second kappa shape index (κ2) is 8.69. The first-order chi connectivity index (χ1) is 12.2. The Kier molecular flexibility index (Phi) is 6.34. The molecule has 1 unspecified atom stereocenters. The molecule has 1 N–H and O–H groups in total. The summed E-state index contributed by atoms with van der Waals surface area (Å²) >= 11 is 7.61. The van der Waals surface area contributed by atoms with E-state index >= 15 is 0 Å². The predicted octanol–water partition coefficient (Wildman–Crippen LogP) is 2.72. The lowest BCUT2D eigenvalue weighted by molar-refractivity contribution is -0.00803. The van der Waals surface area contributed by atoms with Gasteiger partial charge in [-0.2, -0.15) is 5.10 Å². The number of morpholine rings is 1. The smallest absolute Gasteiger partial charge is 0.194 e. The zero-order valence-electron chi connectivity index (χ0n) is 14.6. The average molecular weight is 382 g/mol. The van der Waals surface area contributed by atoms with Crippen LogP contribution in [0.3, 0.4) is 0 Å². The van der Waals surface area contributed by atoms with Gasteiger partial charge in [0.05, 0.1) is 23.7 Å². The van der Waals surface area contributed by atoms with Crippen LogP contribution >= 0.6 is 22.9 Å². The molecule has 0 amide bonds. The van der Waals surface area contributed by atoms with Gasteiger partial charge < -0.3 is 15.0 Å². The maximum atomic E-state index is 5.99. The van der Waals surface area contributed by atoms with E-state index in [1.54, 1.807) is 11.3 Å². The number of rotatable bonds is 5. The lowest BCUT2D eigenvalue weighted by Crippen LogP contribution is -2.48. The van der Waals surface area contributed by atoms with Gasteiger partial charge in [0, 0.05) is 49.7 Å². The maximum Gasteiger partial charge on any atom is 0.194 e. The van der Waals surface area contributed by atoms with Crippen molar-refractivity contribution in [2.75, 3.05) is 32.8 Å². The summed E-state index contributed by atoms with van der Waals surface area (Å²) < 4.78 is 8.56. The van der Waals surface area contributed by atoms with E-state index in [1.807, 2.05) is 30.2 Å². The first-order valence-electron chi connectivity index (χ1n) is 8.53. The van der Waals surface area contributed by atoms with E-state index in [1.165, 1.54) is 4.88 Å². The third-order valence-electron chi connectivity index (χ3n) is 4.05. The molecular weight excluding hydrogens is 358 g/mol. The molecule has 2 aromatic rings. The molecule has 136 valence electrons. The normalized spacial score (nSPS) is 18.6. The first-order valence-corrected chi connectivity index (χ1v) is 9.72. The fourth-order valence-corrected chi connectivity index (χ4v) is 3.91. The molecule has 0 saturated carbocycles. The lowest BCUT2D eigenvalue weighted by atomic mass is 10.1. The number of thiophene rings is 1. The van der Waals surface area contributed by atoms with Crippen molar-refractivity contribution in [3.63, 3.8) is 0 Å². The van der Waals surface area contributed by atoms with E-state index in [9.17, 15) is 0 Å². The van der Waals surface area contributed by atoms with Gasteiger partial charge >= 0.3 is 0 Å². The maximum absolute atomic E-state index is 5.99. The highest BCUT2D eigenvalue weighted by molar-refractivity contribution is 7.16. The molecule has 0 spiro atoms. The number of hydrogen-bond acceptors (Lipinski definition) is 4. The molecule has 6 nitrogen and oxygen atoms in total. The zero-order chi connectivity index (χ0) is 17.6. The standard InChI is InChI=1S/C17H24ClN5OS/c1-3-19-17(20-7-6-14-4-5-16(18)25-14)23-8-9-24-15(12-23)13-10-21-22(2)11-13/h4-5,10-11,15H,3,6-9,12H2,1-2H3,(H,19,20). The largest absolute Gasteiger partial charge is 0.370 e. The van der Waals surface area contributed by atoms with E-state index < -0.39 is 0 Å². The SMILES string of the molecule is CCNC(=NCCc1ccc(Cl)s1)N1CCOC(c2cnn(C)c2)C1. The van der Waals surface area contributed by atoms with Crippen LogP contribution in [0.1, 0.15) is 23.5 Å². The van der Waals surface area contributed by atoms with Gasteiger partial charge in [0.2, 0.25) is 0 Å². The molecule has 0 bridgehead atoms. The van der Waals surface area contributed by atoms with E-state index in [-0.39, 0.29) is 6.10 Å². The van der Waals surface area contributed by atoms with Crippen LogP contribution in [0.15, 0.2) is 29.5 Å². The van der Waals surface area contributed by atoms with Crippen LogP contribution in [-0.4, -0.2) is 53.4 Å². The highest BCUT2D eigenvalue weighted by atomic mass is 35.5. The number of guanidine groups is 1. The number of nitrogens with zero attached hydrogens (tertiary/aromatic N) is 4. The molecule has 3 rings (SSSR count). The van der Waals surface area contributed by atoms with Crippen molar-refractivity contribution in [3.8, 4) is 0 Å². The quantitative estimate of drug-likeness (QED) is 0.639. The van der Waals surface area contributed by atoms with Gasteiger partial charge in [0.1, 0.15) is 6.10 Å². The summed E-state index contributed by atoms with van der Waals surface area (Å²) in [5.74, 6) is 0.947. The Labute approximate surface area is 157 Å². The van der Waals surface area contributed by atoms with Crippen LogP contribution in [0.25, 0.3) is 0 Å². The summed E-state index contributed by atoms with van der Waals surface area (Å²) in [6.07, 6.45) is 4.82. The fraction of sp³-hybridized carbons (Fsp3) is 0.529. The number of hydrogen-bond donors (Lipinski definition) is 1. The average Bonchev–Trinajstić information content (AvgIpc) is 3.23. The van der Waals surface area contributed by atoms with E-state index in [4.69, 9.17) is 21.3 Å². The van der Waals surface area contributed by atoms with Crippen molar-refractivity contribution in [1.82, 2.24) is 20.0 Å². The lowest BCUT2D eigenvalue weighted by Gasteiger charge is -2.34. The molecule has 8 heteroatoms. The number of aliphatic imine (C=N–C) groups is 1. The second-order valence-corrected chi connectivity index (χ2v) is 7.74. The molecule has 1 fully saturated rings. The molecule has 0 radical (unpaired) electrons. The van der Waals surface area contributed by atoms with Gasteiger partial charge in [-0.1, -0.05) is 11.6 Å². The van der Waals surface area contributed by atoms with Crippen LogP contribution in [0.5, 0.6) is 0 Å². The number of nitrogens with one attached hydrogen (secondary N) is 1. The van der Waals surface area contributed by atoms with Gasteiger partial charge in [0.15, 0.2) is 5.96 Å². The van der Waals surface area contributed by atoms with Crippen molar-refractivity contribution in [2.45, 2.75) is 19.4 Å². The minimum atomic E-state index is 0.0300. The molecular formula is C17H24ClN5OS. The number of halogens is 1. The Morgan fingerprint density at radius 2 is 2.40 bits per heavy atom. The van der Waals surface area contributed by atoms with E-state index in [0.29, 0.717) is 6.61 Å². The number of ether oxygens (including phenoxy) is 1. The molecule has 1 aliphatic heterocycles. The van der Waals surface area contributed by atoms with Crippen LogP contribution < -0.4 is 5.32 Å². The molecule has 0 aliphatic carbocycles. The zero-order valence-corrected chi connectivity index (χ0v) is 16.2. The molecule has 0 aromatic carbocycles. The minimum absolute atomic E-state index is 0.0300. The Balaban J connectivity index is 1.63. The van der Waals surface area contributed by atoms with Gasteiger partial charge in [0.25, 0.3) is 0 Å². The summed E-state index contributed by atoms with van der Waals surface area (Å²) in [6.45, 7) is 5.99. The molecule has 3 heterocycles. The Hall–Kier alpha value is -1.57. The second-order valence-electron chi connectivity index (χ2n) is 5.94. The van der Waals surface area contributed by atoms with Crippen molar-refractivity contribution in [3.05, 3.63) is 39.3 Å². The van der Waals surface area contributed by atoms with Gasteiger partial charge in [-0.25, -0.2) is 0 Å². The van der Waals surface area contributed by atoms with Gasteiger partial charge in [-0.15, -0.1) is 11.3 Å². The Morgan fingerprint density at radius 3 is 3.08 bits per heavy atom. The van der Waals surface area contributed by atoms with Crippen LogP contribution in [0.4, 0.5) is 0 Å². The summed E-state index contributed by atoms with van der Waals surface area (Å²) in [6, 6.07) is 4.01. The summed E-state index contributed by atoms with van der Waals surface area (Å²) in [4.78, 5) is 8.33. The minimum Gasteiger partial charge on any atom is -0.370 e. The van der Waals surface area contributed by atoms with Crippen molar-refractivity contribution >= 4 is 28.9 Å². The summed E-state index contributed by atoms with van der Waals surface area (Å²) in [5, 5.41) is 7.64. The fourth-order valence-electron chi connectivity index (χ4n) is 2.83. The molecule has 1 saturated heterocycles. The van der Waals surface area contributed by atoms with Crippen LogP contribution in [-0.2, 0) is 18.2 Å². The highest BCUT2D eigenvalue weighted by Crippen LogP contribution is 2.23. The molecule has 1 aliphatic rings. The van der Waals surface area contributed by atoms with Gasteiger partial charge in [-0.3, -0.25) is 9.67 Å². The summed E-state index contributed by atoms with van der Waals surface area (Å²) in [5.41, 5.74) is 1.11. The number of aromatic nitrogens is 2. The molecule has 1 atom stereocenters.